The van der Waals surface area contributed by atoms with Gasteiger partial charge in [0.2, 0.25) is 0 Å². The molecule has 2 aromatic rings. The second kappa shape index (κ2) is 7.72. The Labute approximate surface area is 136 Å². The second-order valence-corrected chi connectivity index (χ2v) is 5.72. The number of rotatable bonds is 6. The van der Waals surface area contributed by atoms with Crippen LogP contribution >= 0.6 is 0 Å². The highest BCUT2D eigenvalue weighted by Crippen LogP contribution is 2.20. The standard InChI is InChI=1S/C18H22N2O3/c1-5-22-17(21)16-11-19-18(20-13(16)4)23-15-8-6-14(7-9-15)10-12(2)3/h6-9,11-12H,5,10H2,1-4H3. The molecule has 5 nitrogen and oxygen atoms in total. The van der Waals surface area contributed by atoms with E-state index in [2.05, 4.69) is 23.8 Å². The first-order valence-corrected chi connectivity index (χ1v) is 7.77. The Kier molecular flexibility index (Phi) is 5.68. The van der Waals surface area contributed by atoms with Gasteiger partial charge in [-0.1, -0.05) is 26.0 Å². The third-order valence-electron chi connectivity index (χ3n) is 3.23. The lowest BCUT2D eigenvalue weighted by Gasteiger charge is -2.09. The molecule has 122 valence electrons. The van der Waals surface area contributed by atoms with E-state index in [1.165, 1.54) is 11.8 Å². The molecule has 0 amide bonds. The molecule has 0 spiro atoms. The summed E-state index contributed by atoms with van der Waals surface area (Å²) in [6.45, 7) is 8.18. The summed E-state index contributed by atoms with van der Waals surface area (Å²) in [5, 5.41) is 0. The number of carbonyl (C=O) groups is 1. The fraction of sp³-hybridized carbons (Fsp3) is 0.389. The van der Waals surface area contributed by atoms with E-state index in [0.29, 0.717) is 29.5 Å². The Morgan fingerprint density at radius 2 is 1.91 bits per heavy atom. The smallest absolute Gasteiger partial charge is 0.341 e. The predicted molar refractivity (Wildman–Crippen MR) is 87.8 cm³/mol. The van der Waals surface area contributed by atoms with E-state index in [1.54, 1.807) is 13.8 Å². The van der Waals surface area contributed by atoms with Gasteiger partial charge in [-0.2, -0.15) is 4.98 Å². The zero-order valence-electron chi connectivity index (χ0n) is 14.0. The molecule has 0 fully saturated rings. The number of aromatic nitrogens is 2. The summed E-state index contributed by atoms with van der Waals surface area (Å²) in [6.07, 6.45) is 2.47. The lowest BCUT2D eigenvalue weighted by Crippen LogP contribution is -2.09. The third-order valence-corrected chi connectivity index (χ3v) is 3.23. The Hall–Kier alpha value is -2.43. The Morgan fingerprint density at radius 1 is 1.22 bits per heavy atom. The van der Waals surface area contributed by atoms with Crippen molar-refractivity contribution in [2.75, 3.05) is 6.61 Å². The third kappa shape index (κ3) is 4.77. The van der Waals surface area contributed by atoms with Gasteiger partial charge in [0, 0.05) is 6.20 Å². The van der Waals surface area contributed by atoms with Crippen molar-refractivity contribution in [1.82, 2.24) is 9.97 Å². The summed E-state index contributed by atoms with van der Waals surface area (Å²) in [7, 11) is 0. The molecule has 0 saturated carbocycles. The van der Waals surface area contributed by atoms with E-state index >= 15 is 0 Å². The summed E-state index contributed by atoms with van der Waals surface area (Å²) in [5.74, 6) is 0.860. The van der Waals surface area contributed by atoms with Gasteiger partial charge in [0.1, 0.15) is 5.75 Å². The molecular formula is C18H22N2O3. The molecule has 23 heavy (non-hydrogen) atoms. The highest BCUT2D eigenvalue weighted by Gasteiger charge is 2.13. The lowest BCUT2D eigenvalue weighted by atomic mass is 10.0. The van der Waals surface area contributed by atoms with Crippen molar-refractivity contribution >= 4 is 5.97 Å². The maximum Gasteiger partial charge on any atom is 0.341 e. The fourth-order valence-corrected chi connectivity index (χ4v) is 2.17. The van der Waals surface area contributed by atoms with Gasteiger partial charge < -0.3 is 9.47 Å². The molecular weight excluding hydrogens is 292 g/mol. The van der Waals surface area contributed by atoms with Gasteiger partial charge in [-0.3, -0.25) is 0 Å². The highest BCUT2D eigenvalue weighted by molar-refractivity contribution is 5.90. The number of aryl methyl sites for hydroxylation is 1. The van der Waals surface area contributed by atoms with Crippen LogP contribution in [0.2, 0.25) is 0 Å². The first-order chi connectivity index (χ1) is 11.0. The Balaban J connectivity index is 2.08. The van der Waals surface area contributed by atoms with Gasteiger partial charge in [-0.25, -0.2) is 9.78 Å². The van der Waals surface area contributed by atoms with Crippen LogP contribution in [-0.4, -0.2) is 22.5 Å². The van der Waals surface area contributed by atoms with E-state index in [0.717, 1.165) is 6.42 Å². The molecule has 1 aromatic heterocycles. The van der Waals surface area contributed by atoms with Gasteiger partial charge in [-0.05, 0) is 43.9 Å². The average molecular weight is 314 g/mol. The first-order valence-electron chi connectivity index (χ1n) is 7.77. The number of hydrogen-bond donors (Lipinski definition) is 0. The minimum Gasteiger partial charge on any atom is -0.462 e. The number of carbonyl (C=O) groups excluding carboxylic acids is 1. The molecule has 0 N–H and O–H groups in total. The maximum absolute atomic E-state index is 11.7. The first kappa shape index (κ1) is 16.9. The van der Waals surface area contributed by atoms with Crippen LogP contribution in [0.5, 0.6) is 11.8 Å². The minimum absolute atomic E-state index is 0.215. The van der Waals surface area contributed by atoms with Crippen LogP contribution in [0.4, 0.5) is 0 Å². The summed E-state index contributed by atoms with van der Waals surface area (Å²) in [5.41, 5.74) is 2.15. The number of ether oxygens (including phenoxy) is 2. The van der Waals surface area contributed by atoms with Crippen LogP contribution in [0.15, 0.2) is 30.5 Å². The number of esters is 1. The zero-order chi connectivity index (χ0) is 16.8. The van der Waals surface area contributed by atoms with Crippen LogP contribution in [0.1, 0.15) is 42.4 Å². The predicted octanol–water partition coefficient (Wildman–Crippen LogP) is 3.95. The van der Waals surface area contributed by atoms with E-state index in [4.69, 9.17) is 9.47 Å². The molecule has 2 rings (SSSR count). The van der Waals surface area contributed by atoms with Crippen LogP contribution in [0.25, 0.3) is 0 Å². The largest absolute Gasteiger partial charge is 0.462 e. The molecule has 5 heteroatoms. The van der Waals surface area contributed by atoms with E-state index in [-0.39, 0.29) is 6.01 Å². The topological polar surface area (TPSA) is 61.3 Å². The SMILES string of the molecule is CCOC(=O)c1cnc(Oc2ccc(CC(C)C)cc2)nc1C. The summed E-state index contributed by atoms with van der Waals surface area (Å²) in [4.78, 5) is 20.0. The van der Waals surface area contributed by atoms with Crippen molar-refractivity contribution in [1.29, 1.82) is 0 Å². The fourth-order valence-electron chi connectivity index (χ4n) is 2.17. The summed E-state index contributed by atoms with van der Waals surface area (Å²) >= 11 is 0. The molecule has 0 atom stereocenters. The van der Waals surface area contributed by atoms with Crippen LogP contribution < -0.4 is 4.74 Å². The summed E-state index contributed by atoms with van der Waals surface area (Å²) < 4.78 is 10.6. The van der Waals surface area contributed by atoms with Crippen molar-refractivity contribution in [3.8, 4) is 11.8 Å². The molecule has 1 heterocycles. The molecule has 0 unspecified atom stereocenters. The minimum atomic E-state index is -0.422. The van der Waals surface area contributed by atoms with Crippen LogP contribution in [-0.2, 0) is 11.2 Å². The van der Waals surface area contributed by atoms with Gasteiger partial charge >= 0.3 is 12.0 Å². The molecule has 0 aliphatic carbocycles. The van der Waals surface area contributed by atoms with Crippen molar-refractivity contribution in [3.63, 3.8) is 0 Å². The van der Waals surface area contributed by atoms with Gasteiger partial charge in [0.25, 0.3) is 0 Å². The van der Waals surface area contributed by atoms with Crippen molar-refractivity contribution in [2.24, 2.45) is 5.92 Å². The van der Waals surface area contributed by atoms with Crippen molar-refractivity contribution < 1.29 is 14.3 Å². The summed E-state index contributed by atoms with van der Waals surface area (Å²) in [6, 6.07) is 8.09. The van der Waals surface area contributed by atoms with Crippen molar-refractivity contribution in [2.45, 2.75) is 34.1 Å². The van der Waals surface area contributed by atoms with Crippen LogP contribution in [0.3, 0.4) is 0 Å². The van der Waals surface area contributed by atoms with E-state index in [9.17, 15) is 4.79 Å². The monoisotopic (exact) mass is 314 g/mol. The Morgan fingerprint density at radius 3 is 2.48 bits per heavy atom. The van der Waals surface area contributed by atoms with E-state index in [1.807, 2.05) is 24.3 Å². The molecule has 0 bridgehead atoms. The molecule has 0 radical (unpaired) electrons. The average Bonchev–Trinajstić information content (AvgIpc) is 2.49. The number of nitrogens with zero attached hydrogens (tertiary/aromatic N) is 2. The molecule has 0 aliphatic heterocycles. The maximum atomic E-state index is 11.7. The molecule has 0 saturated heterocycles. The van der Waals surface area contributed by atoms with Crippen molar-refractivity contribution in [3.05, 3.63) is 47.3 Å². The van der Waals surface area contributed by atoms with Gasteiger partial charge in [0.15, 0.2) is 0 Å². The second-order valence-electron chi connectivity index (χ2n) is 5.72. The van der Waals surface area contributed by atoms with Gasteiger partial charge in [0.05, 0.1) is 17.9 Å². The zero-order valence-corrected chi connectivity index (χ0v) is 14.0. The van der Waals surface area contributed by atoms with Crippen LogP contribution in [0, 0.1) is 12.8 Å². The van der Waals surface area contributed by atoms with E-state index < -0.39 is 5.97 Å². The number of benzene rings is 1. The lowest BCUT2D eigenvalue weighted by molar-refractivity contribution is 0.0524. The highest BCUT2D eigenvalue weighted by atomic mass is 16.5. The quantitative estimate of drug-likeness (QED) is 0.755. The Bertz CT molecular complexity index is 666. The number of hydrogen-bond acceptors (Lipinski definition) is 5. The molecule has 0 aliphatic rings. The normalized spacial score (nSPS) is 10.7. The molecule has 1 aromatic carbocycles. The van der Waals surface area contributed by atoms with Gasteiger partial charge in [-0.15, -0.1) is 0 Å².